The zero-order valence-corrected chi connectivity index (χ0v) is 17.3. The molecule has 6 nitrogen and oxygen atoms in total. The van der Waals surface area contributed by atoms with E-state index in [1.54, 1.807) is 23.1 Å². The number of benzene rings is 2. The molecule has 0 bridgehead atoms. The van der Waals surface area contributed by atoms with Gasteiger partial charge in [-0.05, 0) is 54.7 Å². The van der Waals surface area contributed by atoms with Crippen molar-refractivity contribution in [3.8, 4) is 5.75 Å². The molecule has 31 heavy (non-hydrogen) atoms. The Morgan fingerprint density at radius 3 is 2.77 bits per heavy atom. The van der Waals surface area contributed by atoms with Crippen molar-refractivity contribution in [3.63, 3.8) is 0 Å². The zero-order chi connectivity index (χ0) is 22.0. The van der Waals surface area contributed by atoms with E-state index < -0.39 is 17.1 Å². The third-order valence-corrected chi connectivity index (χ3v) is 5.96. The Bertz CT molecular complexity index is 1150. The van der Waals surface area contributed by atoms with E-state index in [1.165, 1.54) is 12.1 Å². The number of aromatic hydroxyl groups is 1. The van der Waals surface area contributed by atoms with Crippen molar-refractivity contribution in [2.45, 2.75) is 31.2 Å². The topological polar surface area (TPSA) is 86.3 Å². The number of hydrogen-bond donors (Lipinski definition) is 2. The van der Waals surface area contributed by atoms with Gasteiger partial charge in [0.2, 0.25) is 5.43 Å². The molecule has 1 aliphatic heterocycles. The number of carbonyl (C=O) groups is 1. The number of carbonyl (C=O) groups excluding carboxylic acids is 1. The van der Waals surface area contributed by atoms with Crippen LogP contribution in [0.1, 0.15) is 46.8 Å². The maximum Gasteiger partial charge on any atom is 0.276 e. The fraction of sp³-hybridized carbons (Fsp3) is 0.261. The molecule has 0 radical (unpaired) electrons. The van der Waals surface area contributed by atoms with Crippen LogP contribution in [0.3, 0.4) is 0 Å². The van der Waals surface area contributed by atoms with E-state index in [0.717, 1.165) is 30.2 Å². The minimum atomic E-state index is -0.711. The SMILES string of the molecule is O=C(c1[nH]ncc(=O)c1O)N1CCC[C@H]1C[C@@H](c1ccc(Cl)cc1)c1cccc(F)c1. The minimum absolute atomic E-state index is 0.153. The van der Waals surface area contributed by atoms with Crippen molar-refractivity contribution in [3.05, 3.63) is 92.6 Å². The van der Waals surface area contributed by atoms with E-state index in [2.05, 4.69) is 10.2 Å². The van der Waals surface area contributed by atoms with Gasteiger partial charge in [0, 0.05) is 23.5 Å². The molecule has 4 rings (SSSR count). The van der Waals surface area contributed by atoms with Crippen molar-refractivity contribution < 1.29 is 14.3 Å². The summed E-state index contributed by atoms with van der Waals surface area (Å²) in [6.45, 7) is 0.496. The highest BCUT2D eigenvalue weighted by atomic mass is 35.5. The number of nitrogens with zero attached hydrogens (tertiary/aromatic N) is 2. The highest BCUT2D eigenvalue weighted by Crippen LogP contribution is 2.35. The highest BCUT2D eigenvalue weighted by Gasteiger charge is 2.34. The second-order valence-electron chi connectivity index (χ2n) is 7.65. The van der Waals surface area contributed by atoms with Gasteiger partial charge in [-0.25, -0.2) is 4.39 Å². The Morgan fingerprint density at radius 2 is 2.03 bits per heavy atom. The molecule has 2 atom stereocenters. The molecule has 0 saturated carbocycles. The molecular weight excluding hydrogens is 421 g/mol. The maximum atomic E-state index is 14.0. The van der Waals surface area contributed by atoms with Gasteiger partial charge in [-0.3, -0.25) is 14.7 Å². The van der Waals surface area contributed by atoms with Crippen molar-refractivity contribution in [1.82, 2.24) is 15.1 Å². The van der Waals surface area contributed by atoms with Crippen LogP contribution in [-0.2, 0) is 0 Å². The van der Waals surface area contributed by atoms with E-state index in [9.17, 15) is 19.1 Å². The van der Waals surface area contributed by atoms with Gasteiger partial charge >= 0.3 is 0 Å². The molecular formula is C23H21ClFN3O3. The molecule has 0 spiro atoms. The summed E-state index contributed by atoms with van der Waals surface area (Å²) in [5.74, 6) is -1.59. The van der Waals surface area contributed by atoms with Gasteiger partial charge < -0.3 is 10.0 Å². The number of rotatable bonds is 5. The lowest BCUT2D eigenvalue weighted by molar-refractivity contribution is 0.0716. The maximum absolute atomic E-state index is 14.0. The molecule has 2 heterocycles. The summed E-state index contributed by atoms with van der Waals surface area (Å²) in [7, 11) is 0. The fourth-order valence-electron chi connectivity index (χ4n) is 4.19. The predicted molar refractivity (Wildman–Crippen MR) is 115 cm³/mol. The molecule has 0 unspecified atom stereocenters. The van der Waals surface area contributed by atoms with Gasteiger partial charge in [-0.15, -0.1) is 0 Å². The van der Waals surface area contributed by atoms with Gasteiger partial charge in [0.15, 0.2) is 11.4 Å². The van der Waals surface area contributed by atoms with Crippen LogP contribution < -0.4 is 5.43 Å². The second kappa shape index (κ2) is 8.89. The molecule has 1 saturated heterocycles. The Kier molecular flexibility index (Phi) is 6.04. The van der Waals surface area contributed by atoms with Crippen molar-refractivity contribution in [2.24, 2.45) is 0 Å². The number of amides is 1. The Labute approximate surface area is 183 Å². The fourth-order valence-corrected chi connectivity index (χ4v) is 4.31. The number of likely N-dealkylation sites (tertiary alicyclic amines) is 1. The summed E-state index contributed by atoms with van der Waals surface area (Å²) in [4.78, 5) is 26.4. The minimum Gasteiger partial charge on any atom is -0.502 e. The lowest BCUT2D eigenvalue weighted by atomic mass is 9.85. The first kappa shape index (κ1) is 21.1. The normalized spacial score (nSPS) is 17.0. The first-order chi connectivity index (χ1) is 14.9. The molecule has 1 amide bonds. The van der Waals surface area contributed by atoms with Crippen LogP contribution in [-0.4, -0.2) is 38.7 Å². The number of halogens is 2. The summed E-state index contributed by atoms with van der Waals surface area (Å²) >= 11 is 6.05. The number of aromatic nitrogens is 2. The van der Waals surface area contributed by atoms with Gasteiger partial charge in [0.05, 0.1) is 6.20 Å². The molecule has 1 aliphatic rings. The number of nitrogens with one attached hydrogen (secondary N) is 1. The monoisotopic (exact) mass is 441 g/mol. The first-order valence-electron chi connectivity index (χ1n) is 10.0. The molecule has 3 aromatic rings. The van der Waals surface area contributed by atoms with E-state index in [4.69, 9.17) is 11.6 Å². The van der Waals surface area contributed by atoms with Gasteiger partial charge in [0.25, 0.3) is 5.91 Å². The smallest absolute Gasteiger partial charge is 0.276 e. The van der Waals surface area contributed by atoms with E-state index in [0.29, 0.717) is 18.0 Å². The van der Waals surface area contributed by atoms with Gasteiger partial charge in [-0.1, -0.05) is 35.9 Å². The largest absolute Gasteiger partial charge is 0.502 e. The molecule has 8 heteroatoms. The van der Waals surface area contributed by atoms with E-state index >= 15 is 0 Å². The average Bonchev–Trinajstić information content (AvgIpc) is 3.22. The van der Waals surface area contributed by atoms with E-state index in [-0.39, 0.29) is 23.5 Å². The molecule has 1 fully saturated rings. The van der Waals surface area contributed by atoms with Crippen LogP contribution in [0.25, 0.3) is 0 Å². The predicted octanol–water partition coefficient (Wildman–Crippen LogP) is 4.09. The van der Waals surface area contributed by atoms with Crippen molar-refractivity contribution in [1.29, 1.82) is 0 Å². The third-order valence-electron chi connectivity index (χ3n) is 5.71. The van der Waals surface area contributed by atoms with E-state index in [1.807, 2.05) is 18.2 Å². The van der Waals surface area contributed by atoms with Crippen LogP contribution in [0.4, 0.5) is 4.39 Å². The molecule has 1 aromatic heterocycles. The standard InChI is InChI=1S/C23H21ClFN3O3/c24-16-8-6-14(7-9-16)19(15-3-1-4-17(25)11-15)12-18-5-2-10-28(18)23(31)21-22(30)20(29)13-26-27-21/h1,3-4,6-9,11,13,18-19H,2,5,10,12H2,(H,26,30)(H,27,29)/t18-,19-/m0/s1. The summed E-state index contributed by atoms with van der Waals surface area (Å²) in [5, 5.41) is 16.7. The van der Waals surface area contributed by atoms with Crippen LogP contribution in [0, 0.1) is 5.82 Å². The Hall–Kier alpha value is -3.19. The van der Waals surface area contributed by atoms with Crippen LogP contribution in [0.2, 0.25) is 5.02 Å². The molecule has 2 aromatic carbocycles. The average molecular weight is 442 g/mol. The quantitative estimate of drug-likeness (QED) is 0.624. The third kappa shape index (κ3) is 4.46. The van der Waals surface area contributed by atoms with Gasteiger partial charge in [0.1, 0.15) is 5.82 Å². The van der Waals surface area contributed by atoms with Crippen molar-refractivity contribution in [2.75, 3.05) is 6.54 Å². The first-order valence-corrected chi connectivity index (χ1v) is 10.4. The zero-order valence-electron chi connectivity index (χ0n) is 16.6. The number of hydrogen-bond acceptors (Lipinski definition) is 4. The summed E-state index contributed by atoms with van der Waals surface area (Å²) in [6.07, 6.45) is 3.03. The Morgan fingerprint density at radius 1 is 1.26 bits per heavy atom. The summed E-state index contributed by atoms with van der Waals surface area (Å²) < 4.78 is 14.0. The summed E-state index contributed by atoms with van der Waals surface area (Å²) in [5.41, 5.74) is 0.844. The number of aromatic amines is 1. The molecule has 160 valence electrons. The Balaban J connectivity index is 1.65. The molecule has 2 N–H and O–H groups in total. The van der Waals surface area contributed by atoms with Gasteiger partial charge in [-0.2, -0.15) is 5.10 Å². The van der Waals surface area contributed by atoms with Crippen molar-refractivity contribution >= 4 is 17.5 Å². The molecule has 0 aliphatic carbocycles. The lowest BCUT2D eigenvalue weighted by Gasteiger charge is -2.29. The number of H-pyrrole nitrogens is 1. The van der Waals surface area contributed by atoms with Crippen LogP contribution in [0.15, 0.2) is 59.5 Å². The summed E-state index contributed by atoms with van der Waals surface area (Å²) in [6, 6.07) is 13.7. The highest BCUT2D eigenvalue weighted by molar-refractivity contribution is 6.30. The van der Waals surface area contributed by atoms with Crippen LogP contribution >= 0.6 is 11.6 Å². The van der Waals surface area contributed by atoms with Crippen LogP contribution in [0.5, 0.6) is 5.75 Å². The second-order valence-corrected chi connectivity index (χ2v) is 8.08. The lowest BCUT2D eigenvalue weighted by Crippen LogP contribution is -2.37.